The fourth-order valence-corrected chi connectivity index (χ4v) is 2.15. The van der Waals surface area contributed by atoms with Crippen LogP contribution in [0.15, 0.2) is 24.4 Å². The first kappa shape index (κ1) is 18.2. The van der Waals surface area contributed by atoms with Crippen LogP contribution in [0.3, 0.4) is 0 Å². The number of hydrogen-bond acceptors (Lipinski definition) is 5. The molecule has 2 aromatic rings. The number of halogens is 2. The monoisotopic (exact) mass is 366 g/mol. The lowest BCUT2D eigenvalue weighted by Crippen LogP contribution is -1.94. The standard InChI is InChI=1S/C12H11Cl2N2O3P.H3P/c1-20(2)19-10-5-7(17)3-4-9(10)18-11-8(13)6-15-12(14)16-11;/h3-6,17H,1-2H3;1H3. The largest absolute Gasteiger partial charge is 0.508 e. The van der Waals surface area contributed by atoms with Crippen LogP contribution >= 0.6 is 41.2 Å². The van der Waals surface area contributed by atoms with E-state index in [-0.39, 0.29) is 31.8 Å². The summed E-state index contributed by atoms with van der Waals surface area (Å²) in [5.41, 5.74) is 0. The van der Waals surface area contributed by atoms with Crippen molar-refractivity contribution < 1.29 is 14.4 Å². The molecule has 1 atom stereocenters. The molecule has 0 fully saturated rings. The number of hydrogen-bond donors (Lipinski definition) is 1. The van der Waals surface area contributed by atoms with Crippen LogP contribution in [0.25, 0.3) is 0 Å². The van der Waals surface area contributed by atoms with Crippen LogP contribution in [0.1, 0.15) is 0 Å². The van der Waals surface area contributed by atoms with Crippen molar-refractivity contribution in [3.8, 4) is 23.1 Å². The number of nitrogens with zero attached hydrogens (tertiary/aromatic N) is 2. The van der Waals surface area contributed by atoms with Crippen LogP contribution in [-0.4, -0.2) is 28.4 Å². The highest BCUT2D eigenvalue weighted by molar-refractivity contribution is 7.51. The first-order valence-corrected chi connectivity index (χ1v) is 8.41. The van der Waals surface area contributed by atoms with Gasteiger partial charge < -0.3 is 14.4 Å². The molecule has 0 aliphatic carbocycles. The molecule has 1 unspecified atom stereocenters. The van der Waals surface area contributed by atoms with Gasteiger partial charge in [0.15, 0.2) is 11.5 Å². The quantitative estimate of drug-likeness (QED) is 0.642. The van der Waals surface area contributed by atoms with E-state index in [0.29, 0.717) is 11.5 Å². The topological polar surface area (TPSA) is 64.5 Å². The average Bonchev–Trinajstić information content (AvgIpc) is 2.36. The van der Waals surface area contributed by atoms with E-state index in [1.807, 2.05) is 13.3 Å². The SMILES string of the molecule is CP(C)Oc1cc(O)ccc1Oc1nc(Cl)ncc1Cl.P. The molecule has 114 valence electrons. The minimum Gasteiger partial charge on any atom is -0.508 e. The van der Waals surface area contributed by atoms with Gasteiger partial charge in [0.1, 0.15) is 10.8 Å². The second-order valence-corrected chi connectivity index (χ2v) is 6.48. The molecule has 21 heavy (non-hydrogen) atoms. The number of phenols is 1. The van der Waals surface area contributed by atoms with Gasteiger partial charge in [-0.25, -0.2) is 4.98 Å². The van der Waals surface area contributed by atoms with Crippen LogP contribution in [-0.2, 0) is 0 Å². The smallest absolute Gasteiger partial charge is 0.242 e. The number of aromatic nitrogens is 2. The Labute approximate surface area is 137 Å². The molecular weight excluding hydrogens is 353 g/mol. The molecule has 0 spiro atoms. The van der Waals surface area contributed by atoms with Crippen molar-refractivity contribution >= 4 is 41.2 Å². The fourth-order valence-electron chi connectivity index (χ4n) is 1.36. The molecule has 1 N–H and O–H groups in total. The van der Waals surface area contributed by atoms with E-state index in [1.54, 1.807) is 6.07 Å². The Morgan fingerprint density at radius 2 is 1.90 bits per heavy atom. The van der Waals surface area contributed by atoms with E-state index in [1.165, 1.54) is 18.3 Å². The lowest BCUT2D eigenvalue weighted by atomic mass is 10.3. The summed E-state index contributed by atoms with van der Waals surface area (Å²) in [5.74, 6) is 0.998. The Morgan fingerprint density at radius 1 is 1.19 bits per heavy atom. The molecule has 0 bridgehead atoms. The number of aromatic hydroxyl groups is 1. The van der Waals surface area contributed by atoms with E-state index < -0.39 is 8.15 Å². The van der Waals surface area contributed by atoms with Gasteiger partial charge in [0.25, 0.3) is 0 Å². The van der Waals surface area contributed by atoms with Crippen molar-refractivity contribution in [2.24, 2.45) is 0 Å². The van der Waals surface area contributed by atoms with Crippen molar-refractivity contribution in [3.05, 3.63) is 34.7 Å². The Morgan fingerprint density at radius 3 is 2.57 bits per heavy atom. The molecule has 1 aromatic carbocycles. The lowest BCUT2D eigenvalue weighted by molar-refractivity contribution is 0.431. The van der Waals surface area contributed by atoms with E-state index in [2.05, 4.69) is 9.97 Å². The molecule has 2 rings (SSSR count). The van der Waals surface area contributed by atoms with Crippen LogP contribution in [0.2, 0.25) is 10.3 Å². The Hall–Kier alpha value is -0.860. The third-order valence-corrected chi connectivity index (χ3v) is 3.10. The molecule has 0 saturated carbocycles. The van der Waals surface area contributed by atoms with E-state index in [0.717, 1.165) is 0 Å². The molecule has 0 radical (unpaired) electrons. The van der Waals surface area contributed by atoms with E-state index in [4.69, 9.17) is 32.5 Å². The first-order valence-electron chi connectivity index (χ1n) is 5.50. The number of benzene rings is 1. The van der Waals surface area contributed by atoms with Gasteiger partial charge >= 0.3 is 0 Å². The van der Waals surface area contributed by atoms with Gasteiger partial charge in [-0.2, -0.15) is 14.9 Å². The predicted octanol–water partition coefficient (Wildman–Crippen LogP) is 4.37. The lowest BCUT2D eigenvalue weighted by Gasteiger charge is -2.14. The van der Waals surface area contributed by atoms with Crippen LogP contribution < -0.4 is 9.26 Å². The Balaban J connectivity index is 0.00000220. The maximum Gasteiger partial charge on any atom is 0.242 e. The summed E-state index contributed by atoms with van der Waals surface area (Å²) in [7, 11) is -0.677. The zero-order valence-corrected chi connectivity index (χ0v) is 15.2. The molecule has 9 heteroatoms. The summed E-state index contributed by atoms with van der Waals surface area (Å²) in [5, 5.41) is 9.77. The fraction of sp³-hybridized carbons (Fsp3) is 0.167. The van der Waals surface area contributed by atoms with Crippen molar-refractivity contribution in [3.63, 3.8) is 0 Å². The number of rotatable bonds is 4. The van der Waals surface area contributed by atoms with Gasteiger partial charge in [-0.3, -0.25) is 0 Å². The third kappa shape index (κ3) is 5.12. The summed E-state index contributed by atoms with van der Waals surface area (Å²) in [6.07, 6.45) is 1.35. The summed E-state index contributed by atoms with van der Waals surface area (Å²) >= 11 is 11.6. The van der Waals surface area contributed by atoms with Gasteiger partial charge in [0.05, 0.1) is 14.3 Å². The Kier molecular flexibility index (Phi) is 6.89. The van der Waals surface area contributed by atoms with Gasteiger partial charge in [-0.1, -0.05) is 11.6 Å². The number of ether oxygens (including phenoxy) is 1. The highest BCUT2D eigenvalue weighted by atomic mass is 35.5. The molecule has 1 heterocycles. The minimum atomic E-state index is -0.677. The highest BCUT2D eigenvalue weighted by Crippen LogP contribution is 2.41. The van der Waals surface area contributed by atoms with Crippen LogP contribution in [0.4, 0.5) is 0 Å². The van der Waals surface area contributed by atoms with Crippen molar-refractivity contribution in [1.29, 1.82) is 0 Å². The number of phenolic OH excluding ortho intramolecular Hbond substituents is 1. The van der Waals surface area contributed by atoms with Gasteiger partial charge in [0, 0.05) is 6.07 Å². The van der Waals surface area contributed by atoms with Crippen molar-refractivity contribution in [2.75, 3.05) is 13.3 Å². The predicted molar refractivity (Wildman–Crippen MR) is 90.7 cm³/mol. The molecule has 0 amide bonds. The molecule has 0 saturated heterocycles. The normalized spacial score (nSPS) is 10.1. The molecule has 5 nitrogen and oxygen atoms in total. The van der Waals surface area contributed by atoms with E-state index in [9.17, 15) is 5.11 Å². The minimum absolute atomic E-state index is 0. The maximum absolute atomic E-state index is 9.51. The molecule has 0 aliphatic heterocycles. The van der Waals surface area contributed by atoms with Gasteiger partial charge in [-0.15, -0.1) is 0 Å². The van der Waals surface area contributed by atoms with Gasteiger partial charge in [-0.05, 0) is 37.1 Å². The van der Waals surface area contributed by atoms with Crippen LogP contribution in [0, 0.1) is 0 Å². The first-order chi connectivity index (χ1) is 9.45. The molecule has 1 aromatic heterocycles. The highest BCUT2D eigenvalue weighted by Gasteiger charge is 2.13. The molecular formula is C12H14Cl2N2O3P2. The van der Waals surface area contributed by atoms with E-state index >= 15 is 0 Å². The van der Waals surface area contributed by atoms with Crippen LogP contribution in [0.5, 0.6) is 23.1 Å². The second-order valence-electron chi connectivity index (χ2n) is 3.93. The Bertz CT molecular complexity index is 629. The van der Waals surface area contributed by atoms with Crippen molar-refractivity contribution in [1.82, 2.24) is 9.97 Å². The van der Waals surface area contributed by atoms with Gasteiger partial charge in [0.2, 0.25) is 11.2 Å². The van der Waals surface area contributed by atoms with Crippen molar-refractivity contribution in [2.45, 2.75) is 0 Å². The molecule has 0 aliphatic rings. The summed E-state index contributed by atoms with van der Waals surface area (Å²) in [6, 6.07) is 4.51. The summed E-state index contributed by atoms with van der Waals surface area (Å²) in [4.78, 5) is 7.64. The average molecular weight is 367 g/mol. The second kappa shape index (κ2) is 7.95. The third-order valence-electron chi connectivity index (χ3n) is 2.10. The maximum atomic E-state index is 9.51. The summed E-state index contributed by atoms with van der Waals surface area (Å²) in [6.45, 7) is 3.86. The zero-order valence-electron chi connectivity index (χ0n) is 11.4. The zero-order chi connectivity index (χ0) is 14.7. The summed E-state index contributed by atoms with van der Waals surface area (Å²) < 4.78 is 11.2.